The lowest BCUT2D eigenvalue weighted by atomic mass is 10.0. The molecule has 1 aromatic heterocycles. The molecule has 2 aromatic rings. The fourth-order valence-electron chi connectivity index (χ4n) is 2.99. The number of thiazole rings is 1. The van der Waals surface area contributed by atoms with Crippen molar-refractivity contribution in [2.24, 2.45) is 0 Å². The Kier molecular flexibility index (Phi) is 5.33. The monoisotopic (exact) mass is 390 g/mol. The Morgan fingerprint density at radius 1 is 1.33 bits per heavy atom. The Balaban J connectivity index is 1.58. The summed E-state index contributed by atoms with van der Waals surface area (Å²) in [5.74, 6) is -0.601. The van der Waals surface area contributed by atoms with E-state index in [9.17, 15) is 19.5 Å². The van der Waals surface area contributed by atoms with Crippen LogP contribution in [0.5, 0.6) is 0 Å². The van der Waals surface area contributed by atoms with Crippen LogP contribution in [0.1, 0.15) is 27.3 Å². The van der Waals surface area contributed by atoms with Crippen LogP contribution in [0.25, 0.3) is 0 Å². The number of anilines is 1. The van der Waals surface area contributed by atoms with Crippen molar-refractivity contribution in [1.29, 1.82) is 0 Å². The predicted molar refractivity (Wildman–Crippen MR) is 104 cm³/mol. The molecule has 1 aromatic carbocycles. The number of benzene rings is 1. The SMILES string of the molecule is CN(C)c1ccc(C(=O)N2CCC(O)(CNC(=O)c3csc(=O)[nH]3)C2)cc1. The van der Waals surface area contributed by atoms with Gasteiger partial charge in [-0.3, -0.25) is 14.4 Å². The highest BCUT2D eigenvalue weighted by atomic mass is 32.1. The van der Waals surface area contributed by atoms with Gasteiger partial charge in [0.15, 0.2) is 0 Å². The van der Waals surface area contributed by atoms with E-state index in [1.165, 1.54) is 5.38 Å². The summed E-state index contributed by atoms with van der Waals surface area (Å²) in [6.07, 6.45) is 0.370. The number of carbonyl (C=O) groups is 2. The largest absolute Gasteiger partial charge is 0.386 e. The molecule has 2 amide bonds. The van der Waals surface area contributed by atoms with Crippen LogP contribution in [-0.4, -0.2) is 66.1 Å². The maximum Gasteiger partial charge on any atom is 0.305 e. The Morgan fingerprint density at radius 2 is 2.04 bits per heavy atom. The van der Waals surface area contributed by atoms with Crippen molar-refractivity contribution in [2.75, 3.05) is 38.6 Å². The standard InChI is InChI=1S/C18H22N4O4S/c1-21(2)13-5-3-12(4-6-13)16(24)22-8-7-18(26,11-22)10-19-15(23)14-9-27-17(25)20-14/h3-6,9,26H,7-8,10-11H2,1-2H3,(H,19,23)(H,20,25). The molecule has 2 heterocycles. The summed E-state index contributed by atoms with van der Waals surface area (Å²) in [6.45, 7) is 0.560. The third kappa shape index (κ3) is 4.37. The molecule has 0 saturated carbocycles. The lowest BCUT2D eigenvalue weighted by Gasteiger charge is -2.24. The van der Waals surface area contributed by atoms with Crippen molar-refractivity contribution in [3.63, 3.8) is 0 Å². The van der Waals surface area contributed by atoms with Gasteiger partial charge in [-0.2, -0.15) is 0 Å². The summed E-state index contributed by atoms with van der Waals surface area (Å²) >= 11 is 0.904. The molecule has 27 heavy (non-hydrogen) atoms. The fraction of sp³-hybridized carbons (Fsp3) is 0.389. The predicted octanol–water partition coefficient (Wildman–Crippen LogP) is 0.509. The Labute approximate surface area is 160 Å². The second kappa shape index (κ2) is 7.53. The number of likely N-dealkylation sites (tertiary alicyclic amines) is 1. The van der Waals surface area contributed by atoms with E-state index in [0.717, 1.165) is 17.0 Å². The molecule has 0 spiro atoms. The number of aromatic nitrogens is 1. The second-order valence-corrected chi connectivity index (χ2v) is 7.73. The molecule has 1 aliphatic rings. The zero-order valence-electron chi connectivity index (χ0n) is 15.2. The molecule has 0 bridgehead atoms. The molecule has 1 unspecified atom stereocenters. The highest BCUT2D eigenvalue weighted by Gasteiger charge is 2.38. The highest BCUT2D eigenvalue weighted by molar-refractivity contribution is 7.07. The lowest BCUT2D eigenvalue weighted by molar-refractivity contribution is 0.0426. The number of aliphatic hydroxyl groups is 1. The van der Waals surface area contributed by atoms with Crippen LogP contribution in [0.3, 0.4) is 0 Å². The van der Waals surface area contributed by atoms with Crippen molar-refractivity contribution in [3.8, 4) is 0 Å². The maximum atomic E-state index is 12.7. The first kappa shape index (κ1) is 19.1. The van der Waals surface area contributed by atoms with Crippen molar-refractivity contribution in [1.82, 2.24) is 15.2 Å². The number of rotatable bonds is 5. The quantitative estimate of drug-likeness (QED) is 0.690. The molecule has 1 atom stereocenters. The van der Waals surface area contributed by atoms with Crippen LogP contribution >= 0.6 is 11.3 Å². The summed E-state index contributed by atoms with van der Waals surface area (Å²) in [5, 5.41) is 14.7. The normalized spacial score (nSPS) is 19.1. The number of nitrogens with zero attached hydrogens (tertiary/aromatic N) is 2. The summed E-state index contributed by atoms with van der Waals surface area (Å²) in [4.78, 5) is 41.4. The zero-order chi connectivity index (χ0) is 19.6. The molecule has 0 aliphatic carbocycles. The molecule has 1 saturated heterocycles. The van der Waals surface area contributed by atoms with Gasteiger partial charge in [0, 0.05) is 43.8 Å². The Bertz CT molecular complexity index is 889. The molecule has 3 N–H and O–H groups in total. The van der Waals surface area contributed by atoms with Crippen molar-refractivity contribution in [3.05, 3.63) is 50.6 Å². The Morgan fingerprint density at radius 3 is 2.63 bits per heavy atom. The number of H-pyrrole nitrogens is 1. The van der Waals surface area contributed by atoms with E-state index in [4.69, 9.17) is 0 Å². The number of amides is 2. The van der Waals surface area contributed by atoms with E-state index in [1.54, 1.807) is 17.0 Å². The number of hydrogen-bond acceptors (Lipinski definition) is 6. The van der Waals surface area contributed by atoms with Crippen LogP contribution in [0.4, 0.5) is 5.69 Å². The smallest absolute Gasteiger partial charge is 0.305 e. The van der Waals surface area contributed by atoms with Crippen LogP contribution in [-0.2, 0) is 0 Å². The van der Waals surface area contributed by atoms with E-state index in [2.05, 4.69) is 10.3 Å². The first-order chi connectivity index (χ1) is 12.8. The van der Waals surface area contributed by atoms with Gasteiger partial charge in [-0.25, -0.2) is 0 Å². The number of β-amino-alcohol motifs (C(OH)–C–C–N with tert-alkyl or cyclic N) is 1. The van der Waals surface area contributed by atoms with Gasteiger partial charge in [0.1, 0.15) is 11.3 Å². The van der Waals surface area contributed by atoms with E-state index < -0.39 is 11.5 Å². The van der Waals surface area contributed by atoms with Gasteiger partial charge in [-0.05, 0) is 30.7 Å². The minimum absolute atomic E-state index is 0.00700. The first-order valence-corrected chi connectivity index (χ1v) is 9.40. The zero-order valence-corrected chi connectivity index (χ0v) is 16.0. The summed E-state index contributed by atoms with van der Waals surface area (Å²) < 4.78 is 0. The van der Waals surface area contributed by atoms with Crippen LogP contribution in [0, 0.1) is 0 Å². The third-order valence-electron chi connectivity index (χ3n) is 4.59. The number of carbonyl (C=O) groups excluding carboxylic acids is 2. The lowest BCUT2D eigenvalue weighted by Crippen LogP contribution is -2.45. The summed E-state index contributed by atoms with van der Waals surface area (Å²) in [5.41, 5.74) is 0.537. The van der Waals surface area contributed by atoms with E-state index in [0.29, 0.717) is 18.5 Å². The first-order valence-electron chi connectivity index (χ1n) is 8.52. The molecule has 8 nitrogen and oxygen atoms in total. The molecule has 9 heteroatoms. The third-order valence-corrected chi connectivity index (χ3v) is 5.26. The van der Waals surface area contributed by atoms with E-state index in [-0.39, 0.29) is 29.6 Å². The van der Waals surface area contributed by atoms with Gasteiger partial charge in [-0.1, -0.05) is 11.3 Å². The van der Waals surface area contributed by atoms with Gasteiger partial charge < -0.3 is 25.2 Å². The molecule has 144 valence electrons. The van der Waals surface area contributed by atoms with Crippen molar-refractivity contribution >= 4 is 28.8 Å². The van der Waals surface area contributed by atoms with Gasteiger partial charge in [-0.15, -0.1) is 0 Å². The molecule has 1 fully saturated rings. The second-order valence-electron chi connectivity index (χ2n) is 6.89. The molecule has 0 radical (unpaired) electrons. The van der Waals surface area contributed by atoms with E-state index in [1.807, 2.05) is 31.1 Å². The van der Waals surface area contributed by atoms with Crippen molar-refractivity contribution in [2.45, 2.75) is 12.0 Å². The fourth-order valence-corrected chi connectivity index (χ4v) is 3.55. The van der Waals surface area contributed by atoms with Gasteiger partial charge >= 0.3 is 4.87 Å². The van der Waals surface area contributed by atoms with Gasteiger partial charge in [0.2, 0.25) is 0 Å². The Hall–Kier alpha value is -2.65. The summed E-state index contributed by atoms with van der Waals surface area (Å²) in [6, 6.07) is 7.28. The minimum Gasteiger partial charge on any atom is -0.386 e. The van der Waals surface area contributed by atoms with Crippen LogP contribution < -0.4 is 15.1 Å². The molecular weight excluding hydrogens is 368 g/mol. The van der Waals surface area contributed by atoms with Crippen LogP contribution in [0.15, 0.2) is 34.4 Å². The van der Waals surface area contributed by atoms with Gasteiger partial charge in [0.05, 0.1) is 6.54 Å². The minimum atomic E-state index is -1.19. The topological polar surface area (TPSA) is 106 Å². The van der Waals surface area contributed by atoms with Gasteiger partial charge in [0.25, 0.3) is 11.8 Å². The maximum absolute atomic E-state index is 12.7. The number of hydrogen-bond donors (Lipinski definition) is 3. The van der Waals surface area contributed by atoms with E-state index >= 15 is 0 Å². The highest BCUT2D eigenvalue weighted by Crippen LogP contribution is 2.23. The molecular formula is C18H22N4O4S. The molecule has 1 aliphatic heterocycles. The summed E-state index contributed by atoms with van der Waals surface area (Å²) in [7, 11) is 3.86. The average Bonchev–Trinajstić information content (AvgIpc) is 3.26. The average molecular weight is 390 g/mol. The number of nitrogens with one attached hydrogen (secondary N) is 2. The molecule has 3 rings (SSSR count). The number of aromatic amines is 1. The van der Waals surface area contributed by atoms with Crippen molar-refractivity contribution < 1.29 is 14.7 Å². The van der Waals surface area contributed by atoms with Crippen LogP contribution in [0.2, 0.25) is 0 Å².